The maximum atomic E-state index is 4.78. The van der Waals surface area contributed by atoms with E-state index >= 15 is 0 Å². The Morgan fingerprint density at radius 2 is 2.00 bits per heavy atom. The Balaban J connectivity index is 2.45. The van der Waals surface area contributed by atoms with E-state index < -0.39 is 0 Å². The van der Waals surface area contributed by atoms with Gasteiger partial charge >= 0.3 is 0 Å². The molecule has 98 valence electrons. The highest BCUT2D eigenvalue weighted by atomic mass is 79.9. The second kappa shape index (κ2) is 5.43. The predicted molar refractivity (Wildman–Crippen MR) is 81.3 cm³/mol. The van der Waals surface area contributed by atoms with Gasteiger partial charge in [-0.25, -0.2) is 0 Å². The van der Waals surface area contributed by atoms with Gasteiger partial charge in [0.2, 0.25) is 0 Å². The summed E-state index contributed by atoms with van der Waals surface area (Å²) in [5, 5.41) is 7.11. The molecule has 2 nitrogen and oxygen atoms in total. The Labute approximate surface area is 118 Å². The third kappa shape index (κ3) is 2.46. The molecule has 0 spiro atoms. The van der Waals surface area contributed by atoms with Gasteiger partial charge in [-0.3, -0.25) is 4.68 Å². The van der Waals surface area contributed by atoms with Crippen LogP contribution in [-0.4, -0.2) is 15.1 Å². The van der Waals surface area contributed by atoms with Crippen LogP contribution in [0.2, 0.25) is 0 Å². The third-order valence-electron chi connectivity index (χ3n) is 3.80. The van der Waals surface area contributed by atoms with Gasteiger partial charge in [-0.05, 0) is 31.2 Å². The van der Waals surface area contributed by atoms with E-state index in [-0.39, 0.29) is 5.41 Å². The van der Waals surface area contributed by atoms with Crippen LogP contribution >= 0.6 is 15.9 Å². The molecule has 0 N–H and O–H groups in total. The minimum Gasteiger partial charge on any atom is -0.265 e. The van der Waals surface area contributed by atoms with Crippen LogP contribution in [0.15, 0.2) is 24.3 Å². The van der Waals surface area contributed by atoms with E-state index in [1.54, 1.807) is 0 Å². The monoisotopic (exact) mass is 308 g/mol. The molecule has 18 heavy (non-hydrogen) atoms. The van der Waals surface area contributed by atoms with Gasteiger partial charge in [0.15, 0.2) is 0 Å². The molecule has 0 aliphatic heterocycles. The fourth-order valence-electron chi connectivity index (χ4n) is 2.24. The zero-order valence-corrected chi connectivity index (χ0v) is 13.0. The minimum atomic E-state index is 0.287. The Morgan fingerprint density at radius 1 is 1.28 bits per heavy atom. The lowest BCUT2D eigenvalue weighted by atomic mass is 9.84. The summed E-state index contributed by atoms with van der Waals surface area (Å²) < 4.78 is 2.11. The van der Waals surface area contributed by atoms with Gasteiger partial charge in [0.25, 0.3) is 0 Å². The Morgan fingerprint density at radius 3 is 2.61 bits per heavy atom. The van der Waals surface area contributed by atoms with Gasteiger partial charge in [-0.1, -0.05) is 48.0 Å². The summed E-state index contributed by atoms with van der Waals surface area (Å²) in [4.78, 5) is 0. The molecule has 0 aliphatic carbocycles. The average molecular weight is 309 g/mol. The number of aromatic nitrogens is 2. The Hall–Kier alpha value is -0.830. The third-order valence-corrected chi connectivity index (χ3v) is 5.16. The SMILES string of the molecule is CCn1nc(CC(C)(CC)CBr)c2ccccc21. The fourth-order valence-corrected chi connectivity index (χ4v) is 2.83. The molecule has 0 saturated heterocycles. The van der Waals surface area contributed by atoms with Gasteiger partial charge < -0.3 is 0 Å². The van der Waals surface area contributed by atoms with Crippen molar-refractivity contribution in [2.75, 3.05) is 5.33 Å². The van der Waals surface area contributed by atoms with Crippen LogP contribution < -0.4 is 0 Å². The van der Waals surface area contributed by atoms with Crippen LogP contribution in [0.3, 0.4) is 0 Å². The number of nitrogens with zero attached hydrogens (tertiary/aromatic N) is 2. The molecule has 1 heterocycles. The molecule has 3 heteroatoms. The maximum absolute atomic E-state index is 4.78. The number of rotatable bonds is 5. The molecule has 0 saturated carbocycles. The normalized spacial score (nSPS) is 14.9. The highest BCUT2D eigenvalue weighted by molar-refractivity contribution is 9.09. The van der Waals surface area contributed by atoms with Crippen molar-refractivity contribution in [1.82, 2.24) is 9.78 Å². The van der Waals surface area contributed by atoms with E-state index in [2.05, 4.69) is 65.6 Å². The number of aryl methyl sites for hydroxylation is 1. The van der Waals surface area contributed by atoms with Crippen molar-refractivity contribution in [1.29, 1.82) is 0 Å². The largest absolute Gasteiger partial charge is 0.265 e. The lowest BCUT2D eigenvalue weighted by Crippen LogP contribution is -2.20. The zero-order chi connectivity index (χ0) is 13.2. The van der Waals surface area contributed by atoms with E-state index in [0.717, 1.165) is 24.7 Å². The van der Waals surface area contributed by atoms with Crippen LogP contribution in [0, 0.1) is 5.41 Å². The highest BCUT2D eigenvalue weighted by Crippen LogP contribution is 2.31. The molecule has 0 fully saturated rings. The molecule has 0 bridgehead atoms. The molecule has 0 amide bonds. The molecule has 2 rings (SSSR count). The average Bonchev–Trinajstić information content (AvgIpc) is 2.77. The summed E-state index contributed by atoms with van der Waals surface area (Å²) >= 11 is 3.64. The number of hydrogen-bond donors (Lipinski definition) is 0. The number of benzene rings is 1. The lowest BCUT2D eigenvalue weighted by molar-refractivity contribution is 0.357. The first-order valence-corrected chi connectivity index (χ1v) is 7.76. The molecule has 1 unspecified atom stereocenters. The first-order chi connectivity index (χ1) is 8.63. The van der Waals surface area contributed by atoms with Crippen LogP contribution in [0.1, 0.15) is 32.9 Å². The molecule has 0 aliphatic rings. The molecular weight excluding hydrogens is 288 g/mol. The number of fused-ring (bicyclic) bond motifs is 1. The van der Waals surface area contributed by atoms with Crippen molar-refractivity contribution >= 4 is 26.8 Å². The van der Waals surface area contributed by atoms with Crippen molar-refractivity contribution < 1.29 is 0 Å². The van der Waals surface area contributed by atoms with E-state index in [1.165, 1.54) is 16.6 Å². The van der Waals surface area contributed by atoms with Gasteiger partial charge in [0, 0.05) is 17.3 Å². The summed E-state index contributed by atoms with van der Waals surface area (Å²) in [6.45, 7) is 7.64. The van der Waals surface area contributed by atoms with Gasteiger partial charge in [0.05, 0.1) is 11.2 Å². The highest BCUT2D eigenvalue weighted by Gasteiger charge is 2.24. The van der Waals surface area contributed by atoms with Crippen molar-refractivity contribution in [2.45, 2.75) is 40.2 Å². The predicted octanol–water partition coefficient (Wildman–Crippen LogP) is 4.41. The van der Waals surface area contributed by atoms with E-state index in [1.807, 2.05) is 0 Å². The molecule has 2 aromatic rings. The van der Waals surface area contributed by atoms with Crippen molar-refractivity contribution in [3.05, 3.63) is 30.0 Å². The van der Waals surface area contributed by atoms with Crippen LogP contribution in [-0.2, 0) is 13.0 Å². The van der Waals surface area contributed by atoms with E-state index in [9.17, 15) is 0 Å². The van der Waals surface area contributed by atoms with Crippen molar-refractivity contribution in [2.24, 2.45) is 5.41 Å². The van der Waals surface area contributed by atoms with Crippen LogP contribution in [0.4, 0.5) is 0 Å². The maximum Gasteiger partial charge on any atom is 0.0709 e. The zero-order valence-electron chi connectivity index (χ0n) is 11.4. The summed E-state index contributed by atoms with van der Waals surface area (Å²) in [6.07, 6.45) is 2.19. The van der Waals surface area contributed by atoms with Crippen molar-refractivity contribution in [3.63, 3.8) is 0 Å². The smallest absolute Gasteiger partial charge is 0.0709 e. The Kier molecular flexibility index (Phi) is 4.10. The first kappa shape index (κ1) is 13.6. The van der Waals surface area contributed by atoms with E-state index in [4.69, 9.17) is 5.10 Å². The topological polar surface area (TPSA) is 17.8 Å². The summed E-state index contributed by atoms with van der Waals surface area (Å²) in [6, 6.07) is 8.54. The number of para-hydroxylation sites is 1. The van der Waals surface area contributed by atoms with Gasteiger partial charge in [-0.15, -0.1) is 0 Å². The lowest BCUT2D eigenvalue weighted by Gasteiger charge is -2.24. The molecule has 1 atom stereocenters. The van der Waals surface area contributed by atoms with Gasteiger partial charge in [0.1, 0.15) is 0 Å². The number of alkyl halides is 1. The van der Waals surface area contributed by atoms with Crippen LogP contribution in [0.5, 0.6) is 0 Å². The van der Waals surface area contributed by atoms with Crippen LogP contribution in [0.25, 0.3) is 10.9 Å². The first-order valence-electron chi connectivity index (χ1n) is 6.64. The number of halogens is 1. The van der Waals surface area contributed by atoms with E-state index in [0.29, 0.717) is 0 Å². The minimum absolute atomic E-state index is 0.287. The standard InChI is InChI=1S/C15H21BrN2/c1-4-15(3,11-16)10-13-12-8-6-7-9-14(12)18(5-2)17-13/h6-9H,4-5,10-11H2,1-3H3. The van der Waals surface area contributed by atoms with Gasteiger partial charge in [-0.2, -0.15) is 5.10 Å². The molecule has 1 aromatic carbocycles. The fraction of sp³-hybridized carbons (Fsp3) is 0.533. The second-order valence-electron chi connectivity index (χ2n) is 5.25. The summed E-state index contributed by atoms with van der Waals surface area (Å²) in [7, 11) is 0. The van der Waals surface area contributed by atoms with Crippen molar-refractivity contribution in [3.8, 4) is 0 Å². The quantitative estimate of drug-likeness (QED) is 0.748. The Bertz CT molecular complexity index is 526. The second-order valence-corrected chi connectivity index (χ2v) is 5.81. The summed E-state index contributed by atoms with van der Waals surface area (Å²) in [5.41, 5.74) is 2.77. The number of hydrogen-bond acceptors (Lipinski definition) is 1. The molecule has 0 radical (unpaired) electrons. The molecule has 1 aromatic heterocycles. The summed E-state index contributed by atoms with van der Waals surface area (Å²) in [5.74, 6) is 0. The molecular formula is C15H21BrN2.